The molecule has 1 saturated heterocycles. The fraction of sp³-hybridized carbons (Fsp3) is 0.250. The van der Waals surface area contributed by atoms with E-state index >= 15 is 0 Å². The van der Waals surface area contributed by atoms with Crippen LogP contribution in [0.2, 0.25) is 0 Å². The van der Waals surface area contributed by atoms with Gasteiger partial charge in [0.15, 0.2) is 0 Å². The molecule has 18 heavy (non-hydrogen) atoms. The summed E-state index contributed by atoms with van der Waals surface area (Å²) in [6.45, 7) is 0. The van der Waals surface area contributed by atoms with Crippen molar-refractivity contribution < 1.29 is 14.4 Å². The summed E-state index contributed by atoms with van der Waals surface area (Å²) in [6.07, 6.45) is 0.985. The molecule has 2 aliphatic rings. The summed E-state index contributed by atoms with van der Waals surface area (Å²) in [5, 5.41) is 4.33. The van der Waals surface area contributed by atoms with E-state index in [9.17, 15) is 14.4 Å². The van der Waals surface area contributed by atoms with Crippen LogP contribution in [0.4, 0.5) is 4.79 Å². The van der Waals surface area contributed by atoms with Gasteiger partial charge in [-0.25, -0.2) is 4.79 Å². The zero-order valence-electron chi connectivity index (χ0n) is 9.25. The molecule has 6 heteroatoms. The standard InChI is InChI=1S/C12H9ClN2O3/c13-9(16)7-2-1-3-8-6(7)4-5-12(8)10(17)14-11(18)15-12/h1-3H,4-5H2,(H2,14,15,17,18). The van der Waals surface area contributed by atoms with Crippen LogP contribution in [0.3, 0.4) is 0 Å². The fourth-order valence-corrected chi connectivity index (χ4v) is 2.92. The van der Waals surface area contributed by atoms with Crippen LogP contribution < -0.4 is 10.6 Å². The Kier molecular flexibility index (Phi) is 2.22. The van der Waals surface area contributed by atoms with Gasteiger partial charge < -0.3 is 5.32 Å². The summed E-state index contributed by atoms with van der Waals surface area (Å²) >= 11 is 5.52. The lowest BCUT2D eigenvalue weighted by molar-refractivity contribution is -0.124. The zero-order valence-corrected chi connectivity index (χ0v) is 10.0. The molecule has 1 aromatic carbocycles. The molecule has 0 radical (unpaired) electrons. The largest absolute Gasteiger partial charge is 0.322 e. The van der Waals surface area contributed by atoms with Crippen LogP contribution >= 0.6 is 11.6 Å². The van der Waals surface area contributed by atoms with Gasteiger partial charge in [0.05, 0.1) is 0 Å². The molecular formula is C12H9ClN2O3. The highest BCUT2D eigenvalue weighted by Crippen LogP contribution is 2.40. The summed E-state index contributed by atoms with van der Waals surface area (Å²) in [7, 11) is 0. The number of fused-ring (bicyclic) bond motifs is 2. The number of hydrogen-bond donors (Lipinski definition) is 2. The first-order valence-corrected chi connectivity index (χ1v) is 5.88. The monoisotopic (exact) mass is 264 g/mol. The number of hydrogen-bond acceptors (Lipinski definition) is 3. The van der Waals surface area contributed by atoms with Crippen molar-refractivity contribution in [3.05, 3.63) is 34.9 Å². The molecule has 1 heterocycles. The molecule has 1 unspecified atom stereocenters. The van der Waals surface area contributed by atoms with Crippen LogP contribution in [0.25, 0.3) is 0 Å². The molecule has 3 rings (SSSR count). The number of imide groups is 1. The Morgan fingerprint density at radius 2 is 2.11 bits per heavy atom. The SMILES string of the molecule is O=C1NC(=O)C2(CCc3c(C(=O)Cl)cccc32)N1. The highest BCUT2D eigenvalue weighted by Gasteiger charge is 2.51. The van der Waals surface area contributed by atoms with Gasteiger partial charge in [-0.3, -0.25) is 14.9 Å². The summed E-state index contributed by atoms with van der Waals surface area (Å²) in [5.74, 6) is -0.370. The molecule has 1 aliphatic heterocycles. The van der Waals surface area contributed by atoms with E-state index in [1.54, 1.807) is 18.2 Å². The summed E-state index contributed by atoms with van der Waals surface area (Å²) < 4.78 is 0. The van der Waals surface area contributed by atoms with E-state index in [1.165, 1.54) is 0 Å². The van der Waals surface area contributed by atoms with Gasteiger partial charge in [0, 0.05) is 5.56 Å². The quantitative estimate of drug-likeness (QED) is 0.588. The lowest BCUT2D eigenvalue weighted by Gasteiger charge is -2.21. The van der Waals surface area contributed by atoms with Crippen molar-refractivity contribution in [1.29, 1.82) is 0 Å². The van der Waals surface area contributed by atoms with Crippen LogP contribution in [-0.4, -0.2) is 17.2 Å². The first-order chi connectivity index (χ1) is 8.54. The highest BCUT2D eigenvalue weighted by molar-refractivity contribution is 6.68. The Morgan fingerprint density at radius 3 is 2.72 bits per heavy atom. The maximum atomic E-state index is 11.9. The summed E-state index contributed by atoms with van der Waals surface area (Å²) in [6, 6.07) is 4.54. The average Bonchev–Trinajstić information content (AvgIpc) is 2.82. The fourth-order valence-electron chi connectivity index (χ4n) is 2.74. The predicted octanol–water partition coefficient (Wildman–Crippen LogP) is 1.05. The van der Waals surface area contributed by atoms with Gasteiger partial charge in [-0.05, 0) is 41.6 Å². The minimum absolute atomic E-state index is 0.370. The predicted molar refractivity (Wildman–Crippen MR) is 63.3 cm³/mol. The Labute approximate surface area is 107 Å². The van der Waals surface area contributed by atoms with Gasteiger partial charge in [-0.15, -0.1) is 0 Å². The van der Waals surface area contributed by atoms with E-state index in [2.05, 4.69) is 10.6 Å². The molecule has 3 amide bonds. The number of halogens is 1. The topological polar surface area (TPSA) is 75.3 Å². The van der Waals surface area contributed by atoms with E-state index in [1.807, 2.05) is 0 Å². The Morgan fingerprint density at radius 1 is 1.33 bits per heavy atom. The van der Waals surface area contributed by atoms with Gasteiger partial charge in [0.2, 0.25) is 0 Å². The second-order valence-electron chi connectivity index (χ2n) is 4.42. The second kappa shape index (κ2) is 3.55. The van der Waals surface area contributed by atoms with Crippen LogP contribution in [0.15, 0.2) is 18.2 Å². The van der Waals surface area contributed by atoms with Crippen LogP contribution in [0, 0.1) is 0 Å². The van der Waals surface area contributed by atoms with E-state index in [0.29, 0.717) is 24.0 Å². The third-order valence-electron chi connectivity index (χ3n) is 3.54. The molecule has 1 aliphatic carbocycles. The molecule has 1 atom stereocenters. The average molecular weight is 265 g/mol. The smallest absolute Gasteiger partial charge is 0.319 e. The zero-order chi connectivity index (χ0) is 12.9. The Hall–Kier alpha value is -1.88. The third-order valence-corrected chi connectivity index (χ3v) is 3.74. The minimum Gasteiger partial charge on any atom is -0.319 e. The summed E-state index contributed by atoms with van der Waals surface area (Å²) in [5.41, 5.74) is 0.779. The van der Waals surface area contributed by atoms with Crippen molar-refractivity contribution in [1.82, 2.24) is 10.6 Å². The van der Waals surface area contributed by atoms with Crippen molar-refractivity contribution >= 4 is 28.8 Å². The first kappa shape index (κ1) is 11.2. The number of carbonyl (C=O) groups excluding carboxylic acids is 3. The number of amides is 3. The van der Waals surface area contributed by atoms with Crippen molar-refractivity contribution in [2.24, 2.45) is 0 Å². The Bertz CT molecular complexity index is 599. The van der Waals surface area contributed by atoms with E-state index in [-0.39, 0.29) is 5.91 Å². The molecule has 5 nitrogen and oxygen atoms in total. The molecular weight excluding hydrogens is 256 g/mol. The molecule has 1 spiro atoms. The van der Waals surface area contributed by atoms with Crippen molar-refractivity contribution in [2.45, 2.75) is 18.4 Å². The van der Waals surface area contributed by atoms with E-state index in [0.717, 1.165) is 5.56 Å². The van der Waals surface area contributed by atoms with Crippen molar-refractivity contribution in [2.75, 3.05) is 0 Å². The molecule has 1 fully saturated rings. The van der Waals surface area contributed by atoms with E-state index in [4.69, 9.17) is 11.6 Å². The number of benzene rings is 1. The van der Waals surface area contributed by atoms with Crippen molar-refractivity contribution in [3.63, 3.8) is 0 Å². The highest BCUT2D eigenvalue weighted by atomic mass is 35.5. The maximum absolute atomic E-state index is 11.9. The van der Waals surface area contributed by atoms with Crippen LogP contribution in [0.5, 0.6) is 0 Å². The molecule has 2 N–H and O–H groups in total. The lowest BCUT2D eigenvalue weighted by Crippen LogP contribution is -2.41. The molecule has 0 aromatic heterocycles. The Balaban J connectivity index is 2.19. The maximum Gasteiger partial charge on any atom is 0.322 e. The molecule has 92 valence electrons. The minimum atomic E-state index is -1.03. The molecule has 1 aromatic rings. The lowest BCUT2D eigenvalue weighted by atomic mass is 9.91. The van der Waals surface area contributed by atoms with Gasteiger partial charge in [-0.1, -0.05) is 12.1 Å². The van der Waals surface area contributed by atoms with E-state index < -0.39 is 16.8 Å². The number of carbonyl (C=O) groups is 3. The normalized spacial score (nSPS) is 24.9. The van der Waals surface area contributed by atoms with Gasteiger partial charge in [0.25, 0.3) is 11.1 Å². The molecule has 0 saturated carbocycles. The molecule has 0 bridgehead atoms. The number of nitrogens with one attached hydrogen (secondary N) is 2. The van der Waals surface area contributed by atoms with Gasteiger partial charge in [0.1, 0.15) is 5.54 Å². The summed E-state index contributed by atoms with van der Waals surface area (Å²) in [4.78, 5) is 34.6. The number of rotatable bonds is 1. The van der Waals surface area contributed by atoms with Crippen LogP contribution in [0.1, 0.15) is 27.9 Å². The van der Waals surface area contributed by atoms with Gasteiger partial charge >= 0.3 is 6.03 Å². The van der Waals surface area contributed by atoms with Crippen molar-refractivity contribution in [3.8, 4) is 0 Å². The first-order valence-electron chi connectivity index (χ1n) is 5.50. The second-order valence-corrected chi connectivity index (χ2v) is 4.76. The van der Waals surface area contributed by atoms with Gasteiger partial charge in [-0.2, -0.15) is 0 Å². The number of urea groups is 1. The van der Waals surface area contributed by atoms with Crippen LogP contribution in [-0.2, 0) is 16.8 Å². The third kappa shape index (κ3) is 1.31.